The molecule has 21 heavy (non-hydrogen) atoms. The molecule has 0 amide bonds. The number of anilines is 1. The Balaban J connectivity index is 2.39. The molecule has 0 aliphatic heterocycles. The predicted octanol–water partition coefficient (Wildman–Crippen LogP) is 4.23. The molecule has 1 aromatic heterocycles. The minimum atomic E-state index is -4.71. The van der Waals surface area contributed by atoms with Crippen LogP contribution in [0.1, 0.15) is 5.82 Å². The van der Waals surface area contributed by atoms with Crippen LogP contribution < -0.4 is 10.1 Å². The Labute approximate surface area is 125 Å². The maximum atomic E-state index is 13.2. The first kappa shape index (κ1) is 15.5. The summed E-state index contributed by atoms with van der Waals surface area (Å²) in [4.78, 5) is 6.56. The molecule has 0 fully saturated rings. The van der Waals surface area contributed by atoms with Gasteiger partial charge in [0, 0.05) is 23.7 Å². The van der Waals surface area contributed by atoms with Crippen LogP contribution in [0, 0.1) is 5.82 Å². The Hall–Kier alpha value is -1.90. The molecule has 0 aliphatic carbocycles. The number of hydrogen-bond donors (Lipinski definition) is 1. The molecule has 0 saturated carbocycles. The molecule has 2 rings (SSSR count). The van der Waals surface area contributed by atoms with Gasteiger partial charge in [-0.25, -0.2) is 9.37 Å². The molecule has 2 aromatic rings. The molecule has 0 aliphatic rings. The Bertz CT molecular complexity index is 643. The first-order valence-electron chi connectivity index (χ1n) is 5.56. The zero-order chi connectivity index (χ0) is 15.6. The van der Waals surface area contributed by atoms with E-state index in [1.165, 1.54) is 25.2 Å². The van der Waals surface area contributed by atoms with E-state index in [-0.39, 0.29) is 17.4 Å². The van der Waals surface area contributed by atoms with E-state index in [0.717, 1.165) is 6.07 Å². The Kier molecular flexibility index (Phi) is 4.31. The SMILES string of the molecule is CNc1cc(Oc2cc(F)cc(Br)c2)nc(C(F)(F)F)n1. The second-order valence-corrected chi connectivity index (χ2v) is 4.79. The summed E-state index contributed by atoms with van der Waals surface area (Å²) in [6, 6.07) is 4.79. The molecule has 9 heteroatoms. The number of alkyl halides is 3. The predicted molar refractivity (Wildman–Crippen MR) is 70.8 cm³/mol. The summed E-state index contributed by atoms with van der Waals surface area (Å²) in [5, 5.41) is 2.47. The van der Waals surface area contributed by atoms with Crippen LogP contribution in [0.3, 0.4) is 0 Å². The molecule has 0 saturated heterocycles. The first-order valence-corrected chi connectivity index (χ1v) is 6.35. The monoisotopic (exact) mass is 365 g/mol. The van der Waals surface area contributed by atoms with Crippen molar-refractivity contribution >= 4 is 21.7 Å². The maximum Gasteiger partial charge on any atom is 0.451 e. The highest BCUT2D eigenvalue weighted by molar-refractivity contribution is 9.10. The molecule has 0 radical (unpaired) electrons. The summed E-state index contributed by atoms with van der Waals surface area (Å²) in [5.74, 6) is -2.35. The summed E-state index contributed by atoms with van der Waals surface area (Å²) in [6.45, 7) is 0. The van der Waals surface area contributed by atoms with Crippen LogP contribution in [-0.4, -0.2) is 17.0 Å². The van der Waals surface area contributed by atoms with Gasteiger partial charge in [-0.3, -0.25) is 0 Å². The van der Waals surface area contributed by atoms with Crippen molar-refractivity contribution in [3.05, 3.63) is 40.4 Å². The molecule has 1 aromatic carbocycles. The van der Waals surface area contributed by atoms with Gasteiger partial charge in [-0.2, -0.15) is 18.2 Å². The van der Waals surface area contributed by atoms with E-state index in [0.29, 0.717) is 4.47 Å². The molecule has 4 nitrogen and oxygen atoms in total. The largest absolute Gasteiger partial charge is 0.451 e. The van der Waals surface area contributed by atoms with Gasteiger partial charge in [-0.05, 0) is 12.1 Å². The fourth-order valence-electron chi connectivity index (χ4n) is 1.44. The van der Waals surface area contributed by atoms with E-state index in [1.807, 2.05) is 0 Å². The quantitative estimate of drug-likeness (QED) is 0.826. The molecule has 112 valence electrons. The van der Waals surface area contributed by atoms with Gasteiger partial charge in [-0.15, -0.1) is 0 Å². The number of aromatic nitrogens is 2. The lowest BCUT2D eigenvalue weighted by Crippen LogP contribution is -2.12. The molecule has 0 bridgehead atoms. The minimum absolute atomic E-state index is 0.00996. The van der Waals surface area contributed by atoms with Crippen molar-refractivity contribution in [1.29, 1.82) is 0 Å². The van der Waals surface area contributed by atoms with E-state index in [9.17, 15) is 17.6 Å². The molecule has 0 unspecified atom stereocenters. The summed E-state index contributed by atoms with van der Waals surface area (Å²) < 4.78 is 56.8. The highest BCUT2D eigenvalue weighted by Gasteiger charge is 2.35. The number of hydrogen-bond acceptors (Lipinski definition) is 4. The Morgan fingerprint density at radius 3 is 2.43 bits per heavy atom. The van der Waals surface area contributed by atoms with Crippen LogP contribution in [0.4, 0.5) is 23.4 Å². The van der Waals surface area contributed by atoms with Crippen molar-refractivity contribution in [3.8, 4) is 11.6 Å². The summed E-state index contributed by atoms with van der Waals surface area (Å²) in [5.41, 5.74) is 0. The second kappa shape index (κ2) is 5.84. The van der Waals surface area contributed by atoms with E-state index in [2.05, 4.69) is 31.2 Å². The van der Waals surface area contributed by atoms with Crippen molar-refractivity contribution < 1.29 is 22.3 Å². The van der Waals surface area contributed by atoms with Crippen molar-refractivity contribution in [2.75, 3.05) is 12.4 Å². The highest BCUT2D eigenvalue weighted by Crippen LogP contribution is 2.31. The van der Waals surface area contributed by atoms with Gasteiger partial charge in [0.2, 0.25) is 11.7 Å². The van der Waals surface area contributed by atoms with Crippen molar-refractivity contribution in [2.24, 2.45) is 0 Å². The van der Waals surface area contributed by atoms with Gasteiger partial charge >= 0.3 is 6.18 Å². The lowest BCUT2D eigenvalue weighted by atomic mass is 10.3. The normalized spacial score (nSPS) is 11.3. The second-order valence-electron chi connectivity index (χ2n) is 3.87. The van der Waals surface area contributed by atoms with Gasteiger partial charge in [0.15, 0.2) is 0 Å². The average Bonchev–Trinajstić information content (AvgIpc) is 2.36. The van der Waals surface area contributed by atoms with Crippen LogP contribution in [-0.2, 0) is 6.18 Å². The number of halogens is 5. The van der Waals surface area contributed by atoms with E-state index in [4.69, 9.17) is 4.74 Å². The molecule has 0 atom stereocenters. The average molecular weight is 366 g/mol. The van der Waals surface area contributed by atoms with Gasteiger partial charge in [-0.1, -0.05) is 15.9 Å². The third-order valence-corrected chi connectivity index (χ3v) is 2.73. The van der Waals surface area contributed by atoms with Crippen LogP contribution in [0.25, 0.3) is 0 Å². The zero-order valence-electron chi connectivity index (χ0n) is 10.5. The molecule has 0 spiro atoms. The Morgan fingerprint density at radius 2 is 1.86 bits per heavy atom. The smallest absolute Gasteiger partial charge is 0.439 e. The number of benzene rings is 1. The lowest BCUT2D eigenvalue weighted by molar-refractivity contribution is -0.145. The maximum absolute atomic E-state index is 13.2. The van der Waals surface area contributed by atoms with Crippen LogP contribution in [0.2, 0.25) is 0 Å². The summed E-state index contributed by atoms with van der Waals surface area (Å²) in [6.07, 6.45) is -4.71. The topological polar surface area (TPSA) is 47.0 Å². The van der Waals surface area contributed by atoms with E-state index < -0.39 is 17.8 Å². The van der Waals surface area contributed by atoms with Crippen molar-refractivity contribution in [3.63, 3.8) is 0 Å². The zero-order valence-corrected chi connectivity index (χ0v) is 12.1. The standard InChI is InChI=1S/C12H8BrF4N3O/c1-18-9-5-10(20-11(19-9)12(15,16)17)21-8-3-6(13)2-7(14)4-8/h2-5H,1H3,(H,18,19,20). The fraction of sp³-hybridized carbons (Fsp3) is 0.167. The molecule has 1 N–H and O–H groups in total. The third-order valence-electron chi connectivity index (χ3n) is 2.27. The van der Waals surface area contributed by atoms with Crippen molar-refractivity contribution in [2.45, 2.75) is 6.18 Å². The van der Waals surface area contributed by atoms with Crippen LogP contribution in [0.5, 0.6) is 11.6 Å². The van der Waals surface area contributed by atoms with Gasteiger partial charge in [0.1, 0.15) is 17.4 Å². The highest BCUT2D eigenvalue weighted by atomic mass is 79.9. The van der Waals surface area contributed by atoms with Crippen LogP contribution in [0.15, 0.2) is 28.7 Å². The number of nitrogens with one attached hydrogen (secondary N) is 1. The van der Waals surface area contributed by atoms with Crippen molar-refractivity contribution in [1.82, 2.24) is 9.97 Å². The molecular weight excluding hydrogens is 358 g/mol. The number of rotatable bonds is 3. The van der Waals surface area contributed by atoms with Gasteiger partial charge in [0.05, 0.1) is 0 Å². The summed E-state index contributed by atoms with van der Waals surface area (Å²) >= 11 is 3.06. The third kappa shape index (κ3) is 4.03. The van der Waals surface area contributed by atoms with Gasteiger partial charge < -0.3 is 10.1 Å². The summed E-state index contributed by atoms with van der Waals surface area (Å²) in [7, 11) is 1.41. The van der Waals surface area contributed by atoms with E-state index >= 15 is 0 Å². The first-order chi connectivity index (χ1) is 9.77. The molecule has 1 heterocycles. The molecular formula is C12H8BrF4N3O. The van der Waals surface area contributed by atoms with Crippen LogP contribution >= 0.6 is 15.9 Å². The van der Waals surface area contributed by atoms with E-state index in [1.54, 1.807) is 0 Å². The number of ether oxygens (including phenoxy) is 1. The minimum Gasteiger partial charge on any atom is -0.439 e. The Morgan fingerprint density at radius 1 is 1.14 bits per heavy atom. The van der Waals surface area contributed by atoms with Gasteiger partial charge in [0.25, 0.3) is 0 Å². The number of nitrogens with zero attached hydrogens (tertiary/aromatic N) is 2. The lowest BCUT2D eigenvalue weighted by Gasteiger charge is -2.11. The fourth-order valence-corrected chi connectivity index (χ4v) is 1.88.